The van der Waals surface area contributed by atoms with Gasteiger partial charge in [0.1, 0.15) is 18.9 Å². The summed E-state index contributed by atoms with van der Waals surface area (Å²) in [5.74, 6) is -0.171. The Balaban J connectivity index is 1.90. The van der Waals surface area contributed by atoms with Gasteiger partial charge in [-0.2, -0.15) is 0 Å². The number of hydrogen-bond acceptors (Lipinski definition) is 3. The van der Waals surface area contributed by atoms with Gasteiger partial charge in [-0.15, -0.1) is 0 Å². The number of benzene rings is 2. The maximum atomic E-state index is 12.4. The number of hydrogen-bond donors (Lipinski definition) is 2. The molecule has 2 aromatic rings. The van der Waals surface area contributed by atoms with Crippen LogP contribution in [0.2, 0.25) is 10.0 Å². The molecule has 0 radical (unpaired) electrons. The highest BCUT2D eigenvalue weighted by Gasteiger charge is 2.17. The number of carbonyl (C=O) groups is 2. The lowest BCUT2D eigenvalue weighted by Crippen LogP contribution is -2.43. The van der Waals surface area contributed by atoms with Gasteiger partial charge in [0.15, 0.2) is 0 Å². The Hall–Kier alpha value is -2.58. The molecule has 10 heteroatoms. The smallest absolute Gasteiger partial charge is 0.318 e. The van der Waals surface area contributed by atoms with Crippen molar-refractivity contribution in [3.05, 3.63) is 58.1 Å². The Labute approximate surface area is 183 Å². The quantitative estimate of drug-likeness (QED) is 0.565. The van der Waals surface area contributed by atoms with Crippen molar-refractivity contribution >= 4 is 40.8 Å². The fourth-order valence-electron chi connectivity index (χ4n) is 2.49. The minimum atomic E-state index is -2.57. The number of anilines is 1. The third-order valence-electron chi connectivity index (χ3n) is 3.95. The number of rotatable bonds is 9. The van der Waals surface area contributed by atoms with Crippen LogP contribution in [-0.4, -0.2) is 43.0 Å². The molecule has 2 aromatic carbocycles. The Morgan fingerprint density at radius 3 is 2.43 bits per heavy atom. The molecule has 0 aliphatic carbocycles. The van der Waals surface area contributed by atoms with Gasteiger partial charge in [-0.05, 0) is 36.8 Å². The fraction of sp³-hybridized carbons (Fsp3) is 0.300. The van der Waals surface area contributed by atoms with Crippen molar-refractivity contribution in [1.82, 2.24) is 10.2 Å². The largest absolute Gasteiger partial charge is 0.488 e. The van der Waals surface area contributed by atoms with Crippen molar-refractivity contribution in [2.75, 3.05) is 25.0 Å². The van der Waals surface area contributed by atoms with Crippen LogP contribution in [0.25, 0.3) is 0 Å². The number of likely N-dealkylation sites (N-methyl/N-ethyl adjacent to an activating group) is 1. The molecular weight excluding hydrogens is 439 g/mol. The van der Waals surface area contributed by atoms with E-state index >= 15 is 0 Å². The molecule has 162 valence electrons. The molecule has 6 nitrogen and oxygen atoms in total. The van der Waals surface area contributed by atoms with E-state index in [1.165, 1.54) is 4.90 Å². The molecule has 0 aliphatic rings. The molecule has 2 N–H and O–H groups in total. The fourth-order valence-corrected chi connectivity index (χ4v) is 2.98. The lowest BCUT2D eigenvalue weighted by atomic mass is 10.2. The van der Waals surface area contributed by atoms with E-state index < -0.39 is 25.0 Å². The van der Waals surface area contributed by atoms with Crippen molar-refractivity contribution in [3.8, 4) is 5.75 Å². The molecular formula is C20H21Cl2F2N3O3. The van der Waals surface area contributed by atoms with Crippen LogP contribution in [0.4, 0.5) is 19.3 Å². The summed E-state index contributed by atoms with van der Waals surface area (Å²) >= 11 is 12.1. The maximum Gasteiger partial charge on any atom is 0.318 e. The molecule has 30 heavy (non-hydrogen) atoms. The number of urea groups is 1. The average Bonchev–Trinajstić information content (AvgIpc) is 2.72. The van der Waals surface area contributed by atoms with Crippen LogP contribution in [0, 0.1) is 0 Å². The van der Waals surface area contributed by atoms with Crippen LogP contribution >= 0.6 is 23.2 Å². The van der Waals surface area contributed by atoms with E-state index in [1.54, 1.807) is 49.4 Å². The summed E-state index contributed by atoms with van der Waals surface area (Å²) in [4.78, 5) is 26.0. The highest BCUT2D eigenvalue weighted by atomic mass is 35.5. The van der Waals surface area contributed by atoms with Crippen molar-refractivity contribution < 1.29 is 23.1 Å². The first-order valence-electron chi connectivity index (χ1n) is 9.06. The second-order valence-electron chi connectivity index (χ2n) is 6.17. The van der Waals surface area contributed by atoms with Gasteiger partial charge in [0.25, 0.3) is 6.43 Å². The Kier molecular flexibility index (Phi) is 9.14. The van der Waals surface area contributed by atoms with Crippen molar-refractivity contribution in [2.24, 2.45) is 0 Å². The normalized spacial score (nSPS) is 10.6. The van der Waals surface area contributed by atoms with Crippen LogP contribution in [0.3, 0.4) is 0 Å². The average molecular weight is 460 g/mol. The summed E-state index contributed by atoms with van der Waals surface area (Å²) < 4.78 is 29.5. The predicted molar refractivity (Wildman–Crippen MR) is 113 cm³/mol. The van der Waals surface area contributed by atoms with Gasteiger partial charge in [0.05, 0.1) is 15.7 Å². The summed E-state index contributed by atoms with van der Waals surface area (Å²) in [6.45, 7) is 1.24. The highest BCUT2D eigenvalue weighted by molar-refractivity contribution is 6.39. The molecule has 0 aromatic heterocycles. The monoisotopic (exact) mass is 459 g/mol. The van der Waals surface area contributed by atoms with Crippen LogP contribution in [-0.2, 0) is 11.3 Å². The third-order valence-corrected chi connectivity index (χ3v) is 4.58. The predicted octanol–water partition coefficient (Wildman–Crippen LogP) is 4.81. The number of nitrogens with one attached hydrogen (secondary N) is 2. The second kappa shape index (κ2) is 11.6. The van der Waals surface area contributed by atoms with Gasteiger partial charge in [0, 0.05) is 13.1 Å². The molecule has 0 unspecified atom stereocenters. The van der Waals surface area contributed by atoms with E-state index in [4.69, 9.17) is 27.9 Å². The summed E-state index contributed by atoms with van der Waals surface area (Å²) in [5.41, 5.74) is 0.946. The zero-order valence-electron chi connectivity index (χ0n) is 16.1. The second-order valence-corrected chi connectivity index (χ2v) is 6.98. The number of carbonyl (C=O) groups excluding carboxylic acids is 2. The zero-order chi connectivity index (χ0) is 22.1. The number of para-hydroxylation sites is 1. The summed E-state index contributed by atoms with van der Waals surface area (Å²) in [6, 6.07) is 10.8. The molecule has 3 amide bonds. The Morgan fingerprint density at radius 2 is 1.80 bits per heavy atom. The first-order chi connectivity index (χ1) is 14.3. The van der Waals surface area contributed by atoms with Gasteiger partial charge in [0.2, 0.25) is 5.91 Å². The van der Waals surface area contributed by atoms with E-state index in [-0.39, 0.29) is 41.1 Å². The molecule has 0 fully saturated rings. The molecule has 0 bridgehead atoms. The number of nitrogens with zero attached hydrogens (tertiary/aromatic N) is 1. The maximum absolute atomic E-state index is 12.4. The minimum Gasteiger partial charge on any atom is -0.488 e. The SMILES string of the molecule is CCN(CC(=O)Nc1c(Cl)cccc1Cl)C(=O)NCc1cccc(OCC(F)F)c1. The van der Waals surface area contributed by atoms with Crippen LogP contribution in [0.1, 0.15) is 12.5 Å². The summed E-state index contributed by atoms with van der Waals surface area (Å²) in [6.07, 6.45) is -2.57. The molecule has 0 heterocycles. The molecule has 0 spiro atoms. The summed E-state index contributed by atoms with van der Waals surface area (Å²) in [7, 11) is 0. The topological polar surface area (TPSA) is 70.7 Å². The van der Waals surface area contributed by atoms with Crippen molar-refractivity contribution in [2.45, 2.75) is 19.9 Å². The Bertz CT molecular complexity index is 864. The van der Waals surface area contributed by atoms with Crippen molar-refractivity contribution in [3.63, 3.8) is 0 Å². The van der Waals surface area contributed by atoms with Crippen molar-refractivity contribution in [1.29, 1.82) is 0 Å². The van der Waals surface area contributed by atoms with E-state index in [0.29, 0.717) is 5.56 Å². The number of amides is 3. The first-order valence-corrected chi connectivity index (χ1v) is 9.82. The number of ether oxygens (including phenoxy) is 1. The minimum absolute atomic E-state index is 0.138. The van der Waals surface area contributed by atoms with Gasteiger partial charge in [-0.25, -0.2) is 13.6 Å². The standard InChI is InChI=1S/C20H21Cl2F2N3O3/c1-2-27(11-18(28)26-19-15(21)7-4-8-16(19)22)20(29)25-10-13-5-3-6-14(9-13)30-12-17(23)24/h3-9,17H,2,10-12H2,1H3,(H,25,29)(H,26,28). The number of halogens is 4. The lowest BCUT2D eigenvalue weighted by molar-refractivity contribution is -0.116. The van der Waals surface area contributed by atoms with E-state index in [2.05, 4.69) is 10.6 Å². The first kappa shape index (κ1) is 23.7. The zero-order valence-corrected chi connectivity index (χ0v) is 17.6. The van der Waals surface area contributed by atoms with Crippen LogP contribution in [0.15, 0.2) is 42.5 Å². The van der Waals surface area contributed by atoms with Crippen LogP contribution in [0.5, 0.6) is 5.75 Å². The van der Waals surface area contributed by atoms with E-state index in [0.717, 1.165) is 0 Å². The third kappa shape index (κ3) is 7.35. The molecule has 0 saturated carbocycles. The summed E-state index contributed by atoms with van der Waals surface area (Å²) in [5, 5.41) is 5.86. The van der Waals surface area contributed by atoms with Crippen LogP contribution < -0.4 is 15.4 Å². The lowest BCUT2D eigenvalue weighted by Gasteiger charge is -2.21. The van der Waals surface area contributed by atoms with Gasteiger partial charge >= 0.3 is 6.03 Å². The van der Waals surface area contributed by atoms with E-state index in [1.807, 2.05) is 0 Å². The molecule has 0 aliphatic heterocycles. The molecule has 0 atom stereocenters. The Morgan fingerprint density at radius 1 is 1.13 bits per heavy atom. The van der Waals surface area contributed by atoms with Gasteiger partial charge < -0.3 is 20.3 Å². The van der Waals surface area contributed by atoms with E-state index in [9.17, 15) is 18.4 Å². The van der Waals surface area contributed by atoms with Gasteiger partial charge in [-0.1, -0.05) is 41.4 Å². The molecule has 0 saturated heterocycles. The van der Waals surface area contributed by atoms with Gasteiger partial charge in [-0.3, -0.25) is 4.79 Å². The molecule has 2 rings (SSSR count). The highest BCUT2D eigenvalue weighted by Crippen LogP contribution is 2.29. The number of alkyl halides is 2.